The van der Waals surface area contributed by atoms with Crippen LogP contribution in [0.25, 0.3) is 0 Å². The van der Waals surface area contributed by atoms with Crippen molar-refractivity contribution in [3.8, 4) is 6.07 Å². The molecule has 18 heavy (non-hydrogen) atoms. The second-order valence-electron chi connectivity index (χ2n) is 4.87. The minimum Gasteiger partial charge on any atom is -0.375 e. The normalized spacial score (nSPS) is 27.1. The summed E-state index contributed by atoms with van der Waals surface area (Å²) in [5.74, 6) is 0.881. The number of rotatable bonds is 3. The van der Waals surface area contributed by atoms with Crippen LogP contribution in [-0.2, 0) is 4.79 Å². The van der Waals surface area contributed by atoms with Gasteiger partial charge in [0.25, 0.3) is 0 Å². The lowest BCUT2D eigenvalue weighted by molar-refractivity contribution is -0.135. The Morgan fingerprint density at radius 1 is 1.33 bits per heavy atom. The summed E-state index contributed by atoms with van der Waals surface area (Å²) in [6, 6.07) is 1.85. The van der Waals surface area contributed by atoms with E-state index in [-0.39, 0.29) is 18.0 Å². The third kappa shape index (κ3) is 2.15. The van der Waals surface area contributed by atoms with Crippen molar-refractivity contribution in [2.24, 2.45) is 0 Å². The minimum atomic E-state index is -0.234. The highest BCUT2D eigenvalue weighted by Crippen LogP contribution is 2.25. The molecule has 2 rings (SSSR count). The number of likely N-dealkylation sites (tertiary alicyclic amines) is 2. The zero-order chi connectivity index (χ0) is 13.1. The Hall–Kier alpha value is -1.70. The number of carbonyl (C=O) groups is 1. The summed E-state index contributed by atoms with van der Waals surface area (Å²) in [4.78, 5) is 16.3. The molecule has 0 aromatic heterocycles. The maximum Gasteiger partial charge on any atom is 0.246 e. The predicted octanol–water partition coefficient (Wildman–Crippen LogP) is 0.656. The first kappa shape index (κ1) is 12.7. The van der Waals surface area contributed by atoms with Gasteiger partial charge in [-0.1, -0.05) is 6.58 Å². The van der Waals surface area contributed by atoms with Crippen LogP contribution in [-0.4, -0.2) is 47.9 Å². The summed E-state index contributed by atoms with van der Waals surface area (Å²) in [5.41, 5.74) is 0. The van der Waals surface area contributed by atoms with E-state index in [0.29, 0.717) is 6.54 Å². The molecule has 2 heterocycles. The van der Waals surface area contributed by atoms with Gasteiger partial charge in [0.2, 0.25) is 5.91 Å². The third-order valence-corrected chi connectivity index (χ3v) is 3.86. The minimum absolute atomic E-state index is 0.0907. The Bertz CT molecular complexity index is 387. The molecule has 5 nitrogen and oxygen atoms in total. The lowest BCUT2D eigenvalue weighted by atomic mass is 10.1. The molecule has 2 saturated heterocycles. The number of carbonyl (C=O) groups excluding carboxylic acids is 1. The summed E-state index contributed by atoms with van der Waals surface area (Å²) in [6.07, 6.45) is 3.60. The molecule has 0 aromatic rings. The van der Waals surface area contributed by atoms with Crippen LogP contribution in [0.5, 0.6) is 0 Å². The van der Waals surface area contributed by atoms with Crippen molar-refractivity contribution in [2.45, 2.75) is 37.8 Å². The Balaban J connectivity index is 2.08. The maximum atomic E-state index is 12.5. The molecule has 98 valence electrons. The lowest BCUT2D eigenvalue weighted by Crippen LogP contribution is -2.48. The molecule has 0 spiro atoms. The molecule has 2 atom stereocenters. The average molecular weight is 248 g/mol. The first-order chi connectivity index (χ1) is 8.69. The molecule has 2 aliphatic heterocycles. The summed E-state index contributed by atoms with van der Waals surface area (Å²) in [5, 5.41) is 12.1. The number of nitrogens with zero attached hydrogens (tertiary/aromatic N) is 3. The van der Waals surface area contributed by atoms with Crippen LogP contribution in [0.4, 0.5) is 0 Å². The smallest absolute Gasteiger partial charge is 0.246 e. The van der Waals surface area contributed by atoms with Crippen molar-refractivity contribution in [3.05, 3.63) is 12.4 Å². The topological polar surface area (TPSA) is 59.4 Å². The largest absolute Gasteiger partial charge is 0.375 e. The Morgan fingerprint density at radius 2 is 2.00 bits per heavy atom. The molecule has 0 saturated carbocycles. The summed E-state index contributed by atoms with van der Waals surface area (Å²) < 4.78 is 0. The van der Waals surface area contributed by atoms with Gasteiger partial charge >= 0.3 is 0 Å². The molecule has 2 fully saturated rings. The first-order valence-electron chi connectivity index (χ1n) is 6.52. The second kappa shape index (κ2) is 5.30. The molecular weight excluding hydrogens is 228 g/mol. The molecule has 0 aliphatic carbocycles. The zero-order valence-corrected chi connectivity index (χ0v) is 10.9. The van der Waals surface area contributed by atoms with E-state index in [1.165, 1.54) is 0 Å². The van der Waals surface area contributed by atoms with Crippen LogP contribution in [0, 0.1) is 11.3 Å². The van der Waals surface area contributed by atoms with E-state index in [4.69, 9.17) is 5.26 Å². The fraction of sp³-hybridized carbons (Fsp3) is 0.692. The number of hydrogen-bond acceptors (Lipinski definition) is 4. The number of amides is 1. The Morgan fingerprint density at radius 3 is 2.67 bits per heavy atom. The van der Waals surface area contributed by atoms with E-state index >= 15 is 0 Å². The molecule has 0 bridgehead atoms. The van der Waals surface area contributed by atoms with Crippen molar-refractivity contribution in [3.63, 3.8) is 0 Å². The van der Waals surface area contributed by atoms with Crippen LogP contribution < -0.4 is 5.32 Å². The van der Waals surface area contributed by atoms with E-state index in [2.05, 4.69) is 18.0 Å². The van der Waals surface area contributed by atoms with Crippen LogP contribution in [0.15, 0.2) is 12.4 Å². The third-order valence-electron chi connectivity index (χ3n) is 3.86. The average Bonchev–Trinajstić information content (AvgIpc) is 3.04. The van der Waals surface area contributed by atoms with Gasteiger partial charge in [-0.2, -0.15) is 5.26 Å². The van der Waals surface area contributed by atoms with Gasteiger partial charge in [-0.25, -0.2) is 0 Å². The fourth-order valence-corrected chi connectivity index (χ4v) is 2.85. The lowest BCUT2D eigenvalue weighted by Gasteiger charge is -2.31. The van der Waals surface area contributed by atoms with E-state index in [0.717, 1.165) is 38.0 Å². The van der Waals surface area contributed by atoms with Gasteiger partial charge in [-0.05, 0) is 25.7 Å². The van der Waals surface area contributed by atoms with Crippen LogP contribution in [0.2, 0.25) is 0 Å². The highest BCUT2D eigenvalue weighted by molar-refractivity contribution is 5.83. The van der Waals surface area contributed by atoms with Gasteiger partial charge in [-0.15, -0.1) is 0 Å². The molecule has 1 N–H and O–H groups in total. The van der Waals surface area contributed by atoms with Crippen LogP contribution >= 0.6 is 0 Å². The van der Waals surface area contributed by atoms with Gasteiger partial charge in [0, 0.05) is 20.1 Å². The van der Waals surface area contributed by atoms with Gasteiger partial charge in [0.15, 0.2) is 0 Å². The summed E-state index contributed by atoms with van der Waals surface area (Å²) >= 11 is 0. The molecule has 1 amide bonds. The van der Waals surface area contributed by atoms with E-state index in [9.17, 15) is 4.79 Å². The van der Waals surface area contributed by atoms with Crippen LogP contribution in [0.1, 0.15) is 25.7 Å². The molecular formula is C13H20N4O. The van der Waals surface area contributed by atoms with Crippen molar-refractivity contribution >= 4 is 5.91 Å². The van der Waals surface area contributed by atoms with E-state index < -0.39 is 0 Å². The highest BCUT2D eigenvalue weighted by Gasteiger charge is 2.38. The molecule has 0 radical (unpaired) electrons. The maximum absolute atomic E-state index is 12.5. The molecule has 0 aromatic carbocycles. The highest BCUT2D eigenvalue weighted by atomic mass is 16.2. The number of nitriles is 1. The monoisotopic (exact) mass is 248 g/mol. The SMILES string of the molecule is C=C(NC)N1CCC[C@H]1C(=O)N1CCC[C@H]1C#N. The predicted molar refractivity (Wildman–Crippen MR) is 68.3 cm³/mol. The van der Waals surface area contributed by atoms with E-state index in [1.54, 1.807) is 4.90 Å². The summed E-state index contributed by atoms with van der Waals surface area (Å²) in [6.45, 7) is 5.51. The second-order valence-corrected chi connectivity index (χ2v) is 4.87. The molecule has 2 aliphatic rings. The zero-order valence-electron chi connectivity index (χ0n) is 10.9. The van der Waals surface area contributed by atoms with Crippen molar-refractivity contribution in [2.75, 3.05) is 20.1 Å². The molecule has 0 unspecified atom stereocenters. The van der Waals surface area contributed by atoms with Crippen molar-refractivity contribution < 1.29 is 4.79 Å². The standard InChI is InChI=1S/C13H20N4O/c1-10(15-2)16-7-4-6-12(16)13(18)17-8-3-5-11(17)9-14/h11-12,15H,1,3-8H2,2H3/t11-,12-/m0/s1. The van der Waals surface area contributed by atoms with Crippen LogP contribution in [0.3, 0.4) is 0 Å². The Kier molecular flexibility index (Phi) is 3.75. The van der Waals surface area contributed by atoms with Gasteiger partial charge < -0.3 is 15.1 Å². The van der Waals surface area contributed by atoms with Gasteiger partial charge in [-0.3, -0.25) is 4.79 Å². The summed E-state index contributed by atoms with van der Waals surface area (Å²) in [7, 11) is 1.82. The number of nitrogens with one attached hydrogen (secondary N) is 1. The van der Waals surface area contributed by atoms with Crippen molar-refractivity contribution in [1.82, 2.24) is 15.1 Å². The van der Waals surface area contributed by atoms with Gasteiger partial charge in [0.05, 0.1) is 11.9 Å². The quantitative estimate of drug-likeness (QED) is 0.797. The fourth-order valence-electron chi connectivity index (χ4n) is 2.85. The van der Waals surface area contributed by atoms with E-state index in [1.807, 2.05) is 11.9 Å². The van der Waals surface area contributed by atoms with Crippen molar-refractivity contribution in [1.29, 1.82) is 5.26 Å². The number of hydrogen-bond donors (Lipinski definition) is 1. The Labute approximate surface area is 108 Å². The molecule has 5 heteroatoms. The van der Waals surface area contributed by atoms with Gasteiger partial charge in [0.1, 0.15) is 12.1 Å². The first-order valence-corrected chi connectivity index (χ1v) is 6.52.